The normalized spacial score (nSPS) is 12.1. The molecule has 2 rings (SSSR count). The third-order valence-electron chi connectivity index (χ3n) is 3.69. The van der Waals surface area contributed by atoms with Crippen LogP contribution in [-0.2, 0) is 12.0 Å². The van der Waals surface area contributed by atoms with Gasteiger partial charge in [-0.15, -0.1) is 11.3 Å². The molecule has 0 saturated heterocycles. The molecule has 7 nitrogen and oxygen atoms in total. The summed E-state index contributed by atoms with van der Waals surface area (Å²) in [5, 5.41) is 11.3. The first-order chi connectivity index (χ1) is 12.9. The second kappa shape index (κ2) is 10.1. The monoisotopic (exact) mass is 391 g/mol. The Morgan fingerprint density at radius 3 is 2.67 bits per heavy atom. The highest BCUT2D eigenvalue weighted by Crippen LogP contribution is 2.22. The number of aliphatic imine (C=N–C) groups is 1. The van der Waals surface area contributed by atoms with Crippen molar-refractivity contribution in [2.75, 3.05) is 19.6 Å². The number of hydrogen-bond donors (Lipinski definition) is 3. The summed E-state index contributed by atoms with van der Waals surface area (Å²) >= 11 is 1.44. The predicted octanol–water partition coefficient (Wildman–Crippen LogP) is 2.91. The molecule has 0 aliphatic carbocycles. The number of nitrogens with one attached hydrogen (secondary N) is 3. The van der Waals surface area contributed by atoms with Crippen LogP contribution < -0.4 is 16.0 Å². The number of hydrogen-bond acceptors (Lipinski definition) is 5. The SMILES string of the molecule is CCNC(=NCc1ncc(C(C)(C)C)o1)NCCCNC(=O)c1cccs1. The van der Waals surface area contributed by atoms with Crippen molar-refractivity contribution >= 4 is 23.2 Å². The Bertz CT molecular complexity index is 732. The van der Waals surface area contributed by atoms with Crippen LogP contribution in [0.2, 0.25) is 0 Å². The van der Waals surface area contributed by atoms with Gasteiger partial charge in [-0.25, -0.2) is 9.98 Å². The van der Waals surface area contributed by atoms with Crippen LogP contribution in [0.25, 0.3) is 0 Å². The number of aromatic nitrogens is 1. The molecule has 0 atom stereocenters. The van der Waals surface area contributed by atoms with E-state index in [1.54, 1.807) is 6.20 Å². The van der Waals surface area contributed by atoms with Gasteiger partial charge in [0.05, 0.1) is 11.1 Å². The Morgan fingerprint density at radius 1 is 1.26 bits per heavy atom. The molecule has 148 valence electrons. The topological polar surface area (TPSA) is 91.6 Å². The number of thiophene rings is 1. The van der Waals surface area contributed by atoms with Crippen LogP contribution in [0.5, 0.6) is 0 Å². The maximum absolute atomic E-state index is 11.9. The van der Waals surface area contributed by atoms with E-state index in [9.17, 15) is 4.79 Å². The fraction of sp³-hybridized carbons (Fsp3) is 0.526. The van der Waals surface area contributed by atoms with E-state index in [1.165, 1.54) is 11.3 Å². The van der Waals surface area contributed by atoms with Crippen molar-refractivity contribution in [2.45, 2.75) is 46.1 Å². The fourth-order valence-corrected chi connectivity index (χ4v) is 2.85. The molecule has 0 aliphatic rings. The molecule has 27 heavy (non-hydrogen) atoms. The molecule has 1 amide bonds. The van der Waals surface area contributed by atoms with E-state index in [4.69, 9.17) is 4.42 Å². The number of guanidine groups is 1. The first-order valence-corrected chi connectivity index (χ1v) is 10.1. The minimum Gasteiger partial charge on any atom is -0.443 e. The molecule has 0 aliphatic heterocycles. The molecule has 0 spiro atoms. The third kappa shape index (κ3) is 7.05. The average molecular weight is 392 g/mol. The Kier molecular flexibility index (Phi) is 7.84. The molecule has 0 aromatic carbocycles. The van der Waals surface area contributed by atoms with Crippen molar-refractivity contribution in [1.29, 1.82) is 0 Å². The Hall–Kier alpha value is -2.35. The van der Waals surface area contributed by atoms with Crippen molar-refractivity contribution in [2.24, 2.45) is 4.99 Å². The molecular formula is C19H29N5O2S. The summed E-state index contributed by atoms with van der Waals surface area (Å²) in [7, 11) is 0. The van der Waals surface area contributed by atoms with Crippen LogP contribution in [0.15, 0.2) is 33.1 Å². The summed E-state index contributed by atoms with van der Waals surface area (Å²) in [6.07, 6.45) is 2.57. The van der Waals surface area contributed by atoms with Crippen LogP contribution in [0.1, 0.15) is 55.4 Å². The highest BCUT2D eigenvalue weighted by atomic mass is 32.1. The zero-order valence-corrected chi connectivity index (χ0v) is 17.3. The van der Waals surface area contributed by atoms with E-state index in [1.807, 2.05) is 24.4 Å². The van der Waals surface area contributed by atoms with Gasteiger partial charge in [-0.2, -0.15) is 0 Å². The summed E-state index contributed by atoms with van der Waals surface area (Å²) in [4.78, 5) is 21.4. The molecule has 0 bridgehead atoms. The molecule has 0 fully saturated rings. The van der Waals surface area contributed by atoms with Crippen LogP contribution in [0.3, 0.4) is 0 Å². The van der Waals surface area contributed by atoms with Gasteiger partial charge in [0.25, 0.3) is 5.91 Å². The van der Waals surface area contributed by atoms with Gasteiger partial charge >= 0.3 is 0 Å². The summed E-state index contributed by atoms with van der Waals surface area (Å²) in [6, 6.07) is 3.69. The van der Waals surface area contributed by atoms with Gasteiger partial charge in [-0.1, -0.05) is 26.8 Å². The minimum absolute atomic E-state index is 0.0240. The molecule has 0 saturated carbocycles. The Balaban J connectivity index is 1.75. The zero-order valence-electron chi connectivity index (χ0n) is 16.5. The molecule has 2 aromatic heterocycles. The van der Waals surface area contributed by atoms with Gasteiger partial charge < -0.3 is 20.4 Å². The molecule has 3 N–H and O–H groups in total. The van der Waals surface area contributed by atoms with Gasteiger partial charge in [0.1, 0.15) is 12.3 Å². The van der Waals surface area contributed by atoms with Crippen LogP contribution >= 0.6 is 11.3 Å². The maximum Gasteiger partial charge on any atom is 0.261 e. The lowest BCUT2D eigenvalue weighted by atomic mass is 9.94. The third-order valence-corrected chi connectivity index (χ3v) is 4.55. The van der Waals surface area contributed by atoms with Crippen LogP contribution in [0, 0.1) is 0 Å². The lowest BCUT2D eigenvalue weighted by molar-refractivity contribution is 0.0957. The van der Waals surface area contributed by atoms with Crippen molar-refractivity contribution in [3.05, 3.63) is 40.2 Å². The summed E-state index contributed by atoms with van der Waals surface area (Å²) in [5.41, 5.74) is -0.0642. The van der Waals surface area contributed by atoms with Crippen molar-refractivity contribution in [3.8, 4) is 0 Å². The number of nitrogens with zero attached hydrogens (tertiary/aromatic N) is 2. The molecule has 2 heterocycles. The molecule has 0 radical (unpaired) electrons. The van der Waals surface area contributed by atoms with E-state index in [0.717, 1.165) is 23.6 Å². The van der Waals surface area contributed by atoms with Crippen LogP contribution in [-0.4, -0.2) is 36.5 Å². The van der Waals surface area contributed by atoms with E-state index in [0.29, 0.717) is 31.5 Å². The number of amides is 1. The maximum atomic E-state index is 11.9. The standard InChI is InChI=1S/C19H29N5O2S/c1-5-20-18(24-13-16-23-12-15(26-16)19(2,3)4)22-10-7-9-21-17(25)14-8-6-11-27-14/h6,8,11-12H,5,7,9-10,13H2,1-4H3,(H,21,25)(H2,20,22,24). The lowest BCUT2D eigenvalue weighted by Crippen LogP contribution is -2.38. The second-order valence-electron chi connectivity index (χ2n) is 7.08. The van der Waals surface area contributed by atoms with Gasteiger partial charge in [-0.05, 0) is 24.8 Å². The first-order valence-electron chi connectivity index (χ1n) is 9.19. The summed E-state index contributed by atoms with van der Waals surface area (Å²) in [5.74, 6) is 2.13. The summed E-state index contributed by atoms with van der Waals surface area (Å²) in [6.45, 7) is 10.7. The van der Waals surface area contributed by atoms with Crippen molar-refractivity contribution in [1.82, 2.24) is 20.9 Å². The Morgan fingerprint density at radius 2 is 2.04 bits per heavy atom. The van der Waals surface area contributed by atoms with Crippen molar-refractivity contribution < 1.29 is 9.21 Å². The Labute approximate surface area is 164 Å². The van der Waals surface area contributed by atoms with E-state index in [-0.39, 0.29) is 11.3 Å². The number of carbonyl (C=O) groups excluding carboxylic acids is 1. The zero-order chi connectivity index (χ0) is 19.7. The number of oxazole rings is 1. The highest BCUT2D eigenvalue weighted by molar-refractivity contribution is 7.12. The fourth-order valence-electron chi connectivity index (χ4n) is 2.21. The molecule has 8 heteroatoms. The number of carbonyl (C=O) groups is 1. The smallest absolute Gasteiger partial charge is 0.261 e. The highest BCUT2D eigenvalue weighted by Gasteiger charge is 2.19. The predicted molar refractivity (Wildman–Crippen MR) is 109 cm³/mol. The van der Waals surface area contributed by atoms with Gasteiger partial charge in [0.2, 0.25) is 5.89 Å². The first kappa shape index (κ1) is 21.0. The largest absolute Gasteiger partial charge is 0.443 e. The number of rotatable bonds is 8. The average Bonchev–Trinajstić information content (AvgIpc) is 3.30. The van der Waals surface area contributed by atoms with E-state index >= 15 is 0 Å². The lowest BCUT2D eigenvalue weighted by Gasteiger charge is -2.13. The van der Waals surface area contributed by atoms with E-state index < -0.39 is 0 Å². The van der Waals surface area contributed by atoms with Gasteiger partial charge in [0.15, 0.2) is 5.96 Å². The molecular weight excluding hydrogens is 362 g/mol. The van der Waals surface area contributed by atoms with Crippen LogP contribution in [0.4, 0.5) is 0 Å². The quantitative estimate of drug-likeness (QED) is 0.366. The second-order valence-corrected chi connectivity index (χ2v) is 8.02. The van der Waals surface area contributed by atoms with Gasteiger partial charge in [0, 0.05) is 25.0 Å². The molecule has 2 aromatic rings. The van der Waals surface area contributed by atoms with Gasteiger partial charge in [-0.3, -0.25) is 4.79 Å². The minimum atomic E-state index is -0.0642. The summed E-state index contributed by atoms with van der Waals surface area (Å²) < 4.78 is 5.76. The molecule has 0 unspecified atom stereocenters. The van der Waals surface area contributed by atoms with Crippen molar-refractivity contribution in [3.63, 3.8) is 0 Å². The van der Waals surface area contributed by atoms with E-state index in [2.05, 4.69) is 46.7 Å².